The number of aromatic amines is 1. The average molecular weight is 441 g/mol. The third-order valence-corrected chi connectivity index (χ3v) is 5.96. The van der Waals surface area contributed by atoms with Crippen molar-refractivity contribution in [2.75, 3.05) is 25.0 Å². The number of piperidine rings is 1. The number of carbonyl (C=O) groups is 2. The third-order valence-electron chi connectivity index (χ3n) is 5.65. The zero-order valence-electron chi connectivity index (χ0n) is 17.0. The Morgan fingerprint density at radius 1 is 1.13 bits per heavy atom. The van der Waals surface area contributed by atoms with Crippen molar-refractivity contribution in [2.45, 2.75) is 18.8 Å². The quantitative estimate of drug-likeness (QED) is 0.649. The lowest BCUT2D eigenvalue weighted by atomic mass is 9.93. The van der Waals surface area contributed by atoms with Crippen molar-refractivity contribution in [1.82, 2.24) is 15.1 Å². The molecule has 0 spiro atoms. The number of likely N-dealkylation sites (tertiary alicyclic amines) is 1. The van der Waals surface area contributed by atoms with Gasteiger partial charge < -0.3 is 9.80 Å². The highest BCUT2D eigenvalue weighted by Crippen LogP contribution is 2.29. The van der Waals surface area contributed by atoms with Crippen molar-refractivity contribution in [3.05, 3.63) is 82.4 Å². The molecule has 31 heavy (non-hydrogen) atoms. The SMILES string of the molecule is CN(C(=O)c1cc(C2CCN(C(=O)c3ccc(F)cc3Cl)CC2)[nH]n1)c1ccccc1. The second kappa shape index (κ2) is 8.89. The molecule has 1 fully saturated rings. The van der Waals surface area contributed by atoms with Crippen LogP contribution in [0.2, 0.25) is 5.02 Å². The van der Waals surface area contributed by atoms with Gasteiger partial charge in [-0.2, -0.15) is 5.10 Å². The molecule has 2 heterocycles. The lowest BCUT2D eigenvalue weighted by Gasteiger charge is -2.31. The van der Waals surface area contributed by atoms with Gasteiger partial charge in [-0.3, -0.25) is 14.7 Å². The number of nitrogens with one attached hydrogen (secondary N) is 1. The van der Waals surface area contributed by atoms with Crippen LogP contribution in [0.15, 0.2) is 54.6 Å². The zero-order valence-corrected chi connectivity index (χ0v) is 17.8. The predicted octanol–water partition coefficient (Wildman–Crippen LogP) is 4.50. The van der Waals surface area contributed by atoms with Gasteiger partial charge in [0, 0.05) is 37.4 Å². The number of para-hydroxylation sites is 1. The van der Waals surface area contributed by atoms with Gasteiger partial charge in [0.1, 0.15) is 5.82 Å². The van der Waals surface area contributed by atoms with Crippen molar-refractivity contribution in [1.29, 1.82) is 0 Å². The molecule has 0 bridgehead atoms. The lowest BCUT2D eigenvalue weighted by Crippen LogP contribution is -2.38. The average Bonchev–Trinajstić information content (AvgIpc) is 3.29. The van der Waals surface area contributed by atoms with Crippen LogP contribution in [-0.4, -0.2) is 47.0 Å². The summed E-state index contributed by atoms with van der Waals surface area (Å²) >= 11 is 6.03. The molecule has 0 atom stereocenters. The number of anilines is 1. The van der Waals surface area contributed by atoms with Gasteiger partial charge in [0.15, 0.2) is 5.69 Å². The Morgan fingerprint density at radius 2 is 1.84 bits per heavy atom. The van der Waals surface area contributed by atoms with Crippen LogP contribution in [0.25, 0.3) is 0 Å². The molecule has 0 aliphatic carbocycles. The predicted molar refractivity (Wildman–Crippen MR) is 117 cm³/mol. The smallest absolute Gasteiger partial charge is 0.278 e. The Kier molecular flexibility index (Phi) is 6.04. The summed E-state index contributed by atoms with van der Waals surface area (Å²) in [6, 6.07) is 15.0. The molecule has 2 amide bonds. The molecule has 1 saturated heterocycles. The molecule has 6 nitrogen and oxygen atoms in total. The van der Waals surface area contributed by atoms with Crippen LogP contribution in [0, 0.1) is 5.82 Å². The first-order valence-corrected chi connectivity index (χ1v) is 10.4. The Balaban J connectivity index is 1.39. The van der Waals surface area contributed by atoms with Gasteiger partial charge in [-0.05, 0) is 49.2 Å². The summed E-state index contributed by atoms with van der Waals surface area (Å²) in [5.41, 5.74) is 2.35. The van der Waals surface area contributed by atoms with E-state index in [0.717, 1.165) is 30.3 Å². The summed E-state index contributed by atoms with van der Waals surface area (Å²) < 4.78 is 13.3. The lowest BCUT2D eigenvalue weighted by molar-refractivity contribution is 0.0712. The number of benzene rings is 2. The molecular formula is C23H22ClFN4O2. The Hall–Kier alpha value is -3.19. The van der Waals surface area contributed by atoms with Crippen LogP contribution >= 0.6 is 11.6 Å². The summed E-state index contributed by atoms with van der Waals surface area (Å²) in [4.78, 5) is 28.8. The molecule has 3 aromatic rings. The molecule has 8 heteroatoms. The van der Waals surface area contributed by atoms with Gasteiger partial charge in [0.05, 0.1) is 10.6 Å². The second-order valence-corrected chi connectivity index (χ2v) is 8.01. The van der Waals surface area contributed by atoms with Crippen LogP contribution in [0.4, 0.5) is 10.1 Å². The van der Waals surface area contributed by atoms with Crippen LogP contribution in [0.3, 0.4) is 0 Å². The molecule has 1 aliphatic rings. The molecule has 4 rings (SSSR count). The van der Waals surface area contributed by atoms with Crippen LogP contribution in [-0.2, 0) is 0 Å². The molecule has 160 valence electrons. The summed E-state index contributed by atoms with van der Waals surface area (Å²) in [6.45, 7) is 1.09. The topological polar surface area (TPSA) is 69.3 Å². The first kappa shape index (κ1) is 21.1. The molecule has 1 aliphatic heterocycles. The normalized spacial score (nSPS) is 14.5. The maximum atomic E-state index is 13.3. The van der Waals surface area contributed by atoms with Crippen molar-refractivity contribution in [3.63, 3.8) is 0 Å². The monoisotopic (exact) mass is 440 g/mol. The second-order valence-electron chi connectivity index (χ2n) is 7.60. The molecule has 0 saturated carbocycles. The van der Waals surface area contributed by atoms with Gasteiger partial charge in [0.2, 0.25) is 0 Å². The molecule has 0 radical (unpaired) electrons. The minimum atomic E-state index is -0.470. The summed E-state index contributed by atoms with van der Waals surface area (Å²) in [5.74, 6) is -0.688. The van der Waals surface area contributed by atoms with Crippen molar-refractivity contribution in [2.24, 2.45) is 0 Å². The number of halogens is 2. The standard InChI is InChI=1S/C23H22ClFN4O2/c1-28(17-5-3-2-4-6-17)23(31)21-14-20(26-27-21)15-9-11-29(12-10-15)22(30)18-8-7-16(25)13-19(18)24/h2-8,13-15H,9-12H2,1H3,(H,26,27). The summed E-state index contributed by atoms with van der Waals surface area (Å²) in [5, 5.41) is 7.32. The van der Waals surface area contributed by atoms with E-state index in [4.69, 9.17) is 11.6 Å². The van der Waals surface area contributed by atoms with Crippen LogP contribution in [0.5, 0.6) is 0 Å². The molecular weight excluding hydrogens is 419 g/mol. The van der Waals surface area contributed by atoms with Gasteiger partial charge in [-0.15, -0.1) is 0 Å². The van der Waals surface area contributed by atoms with E-state index in [1.807, 2.05) is 30.3 Å². The van der Waals surface area contributed by atoms with E-state index >= 15 is 0 Å². The van der Waals surface area contributed by atoms with E-state index in [9.17, 15) is 14.0 Å². The highest BCUT2D eigenvalue weighted by molar-refractivity contribution is 6.33. The molecule has 2 aromatic carbocycles. The van der Waals surface area contributed by atoms with E-state index in [-0.39, 0.29) is 22.8 Å². The number of H-pyrrole nitrogens is 1. The minimum absolute atomic E-state index is 0.117. The van der Waals surface area contributed by atoms with E-state index in [2.05, 4.69) is 10.2 Å². The van der Waals surface area contributed by atoms with Gasteiger partial charge in [0.25, 0.3) is 11.8 Å². The van der Waals surface area contributed by atoms with Crippen LogP contribution < -0.4 is 4.90 Å². The number of aromatic nitrogens is 2. The fraction of sp³-hybridized carbons (Fsp3) is 0.261. The maximum absolute atomic E-state index is 13.3. The summed E-state index contributed by atoms with van der Waals surface area (Å²) in [6.07, 6.45) is 1.46. The van der Waals surface area contributed by atoms with Crippen LogP contribution in [0.1, 0.15) is 45.3 Å². The molecule has 0 unspecified atom stereocenters. The zero-order chi connectivity index (χ0) is 22.0. The largest absolute Gasteiger partial charge is 0.339 e. The number of hydrogen-bond donors (Lipinski definition) is 1. The highest BCUT2D eigenvalue weighted by Gasteiger charge is 2.27. The van der Waals surface area contributed by atoms with Crippen molar-refractivity contribution >= 4 is 29.1 Å². The number of carbonyl (C=O) groups excluding carboxylic acids is 2. The van der Waals surface area contributed by atoms with E-state index < -0.39 is 5.82 Å². The van der Waals surface area contributed by atoms with E-state index in [1.54, 1.807) is 22.9 Å². The fourth-order valence-electron chi connectivity index (χ4n) is 3.82. The number of rotatable bonds is 4. The Labute approximate surface area is 184 Å². The number of amides is 2. The van der Waals surface area contributed by atoms with Gasteiger partial charge in [-0.1, -0.05) is 29.8 Å². The summed E-state index contributed by atoms with van der Waals surface area (Å²) in [7, 11) is 1.72. The van der Waals surface area contributed by atoms with Crippen molar-refractivity contribution in [3.8, 4) is 0 Å². The van der Waals surface area contributed by atoms with Crippen molar-refractivity contribution < 1.29 is 14.0 Å². The molecule has 1 aromatic heterocycles. The Morgan fingerprint density at radius 3 is 2.52 bits per heavy atom. The van der Waals surface area contributed by atoms with E-state index in [1.165, 1.54) is 12.1 Å². The third kappa shape index (κ3) is 4.46. The fourth-order valence-corrected chi connectivity index (χ4v) is 4.07. The number of nitrogens with zero attached hydrogens (tertiary/aromatic N) is 3. The molecule has 1 N–H and O–H groups in total. The first-order valence-electron chi connectivity index (χ1n) is 10.1. The maximum Gasteiger partial charge on any atom is 0.278 e. The van der Waals surface area contributed by atoms with E-state index in [0.29, 0.717) is 24.3 Å². The highest BCUT2D eigenvalue weighted by atomic mass is 35.5. The Bertz CT molecular complexity index is 1090. The van der Waals surface area contributed by atoms with Gasteiger partial charge in [-0.25, -0.2) is 4.39 Å². The first-order chi connectivity index (χ1) is 14.9. The number of hydrogen-bond acceptors (Lipinski definition) is 3. The minimum Gasteiger partial charge on any atom is -0.339 e. The van der Waals surface area contributed by atoms with Gasteiger partial charge >= 0.3 is 0 Å².